The van der Waals surface area contributed by atoms with E-state index in [1.165, 1.54) is 30.7 Å². The van der Waals surface area contributed by atoms with Crippen LogP contribution in [-0.2, 0) is 25.4 Å². The van der Waals surface area contributed by atoms with E-state index in [-0.39, 0.29) is 81.9 Å². The monoisotopic (exact) mass is 1820 g/mol. The molecule has 0 atom stereocenters. The number of ketones is 4. The Hall–Kier alpha value is -10.6. The molecule has 4 aliphatic heterocycles. The number of hydrogen-bond donors (Lipinski definition) is 5. The number of urea groups is 4. The standard InChI is InChI=1S/C27H34F3N3O2.C27H37N3O3.C26H34FN3O2.C25H34N4O3/c1-3-5-10-31-26(35)33-11-8-18(9-12-33)20-14-21-19(4-2)22(25(34)13-17-6-7-17)16-32-24(21)15-23(20)27(28,29)30;1-4-6-11-28-27(32)30-12-9-19(10-13-30)21-15-22-20(5-2)23(25(31)14-18-7-8-18)17-29-24(22)16-26(21)33-3;1-3-5-10-28-26(32)30-11-8-18(9-12-30)20-14-21-19(4-2)22(25(31)13-17-6-7-17)16-29-24(21)15-23(20)27;1-3-4-9-27-25(31)29-10-7-17(8-11-29)18-13-19-21(14-23(18)32-2)28-15-20(24(19)26)22(30)12-16-5-6-16/h14-18H,3-13H2,1-2H3,(H,31,35);15-19H,4-14H2,1-3H3,(H,28,32);14-18H,3-13H2,1-2H3,(H,28,32);13-17H,3-12H2,1-2H3,(H2,26,28)(H,27,31). The van der Waals surface area contributed by atoms with Crippen LogP contribution in [0.15, 0.2) is 73.3 Å². The van der Waals surface area contributed by atoms with Crippen LogP contribution in [0.4, 0.5) is 42.4 Å². The summed E-state index contributed by atoms with van der Waals surface area (Å²) in [7, 11) is 3.37. The first kappa shape index (κ1) is 98.9. The molecular formula is C105H139F4N13O10. The Bertz CT molecular complexity index is 5410. The lowest BCUT2D eigenvalue weighted by Crippen LogP contribution is -2.44. The van der Waals surface area contributed by atoms with Gasteiger partial charge in [0.1, 0.15) is 17.3 Å². The summed E-state index contributed by atoms with van der Waals surface area (Å²) < 4.78 is 68.8. The highest BCUT2D eigenvalue weighted by Gasteiger charge is 2.40. The molecule has 0 unspecified atom stereocenters. The number of unbranched alkanes of at least 4 members (excludes halogenated alkanes) is 4. The van der Waals surface area contributed by atoms with E-state index in [2.05, 4.69) is 75.0 Å². The number of amides is 8. The van der Waals surface area contributed by atoms with Crippen molar-refractivity contribution in [2.45, 2.75) is 277 Å². The molecule has 8 heterocycles. The van der Waals surface area contributed by atoms with Crippen LogP contribution in [0.3, 0.4) is 0 Å². The van der Waals surface area contributed by atoms with Crippen LogP contribution >= 0.6 is 0 Å². The number of carbonyl (C=O) groups is 8. The molecule has 23 nitrogen and oxygen atoms in total. The van der Waals surface area contributed by atoms with Gasteiger partial charge in [-0.15, -0.1) is 0 Å². The Morgan fingerprint density at radius 2 is 0.629 bits per heavy atom. The fraction of sp³-hybridized carbons (Fsp3) is 0.581. The van der Waals surface area contributed by atoms with Crippen LogP contribution in [-0.4, -0.2) is 180 Å². The highest BCUT2D eigenvalue weighted by atomic mass is 19.4. The third kappa shape index (κ3) is 25.3. The molecule has 16 rings (SSSR count). The van der Waals surface area contributed by atoms with Crippen LogP contribution in [0.25, 0.3) is 43.6 Å². The van der Waals surface area contributed by atoms with E-state index in [1.54, 1.807) is 43.8 Å². The number of pyridine rings is 4. The number of aromatic nitrogens is 4. The van der Waals surface area contributed by atoms with E-state index < -0.39 is 11.7 Å². The molecule has 0 spiro atoms. The number of rotatable bonds is 33. The molecule has 4 aromatic carbocycles. The minimum Gasteiger partial charge on any atom is -0.496 e. The van der Waals surface area contributed by atoms with Gasteiger partial charge in [0.2, 0.25) is 0 Å². The van der Waals surface area contributed by atoms with Gasteiger partial charge in [0.05, 0.1) is 53.1 Å². The summed E-state index contributed by atoms with van der Waals surface area (Å²) in [5, 5.41) is 15.3. The highest BCUT2D eigenvalue weighted by molar-refractivity contribution is 6.08. The minimum atomic E-state index is -4.51. The average molecular weight is 1820 g/mol. The Labute approximate surface area is 775 Å². The molecule has 8 aliphatic rings. The fourth-order valence-electron chi connectivity index (χ4n) is 19.4. The van der Waals surface area contributed by atoms with Gasteiger partial charge >= 0.3 is 30.3 Å². The number of likely N-dealkylation sites (tertiary alicyclic amines) is 4. The number of piperidine rings is 4. The van der Waals surface area contributed by atoms with E-state index in [4.69, 9.17) is 15.2 Å². The molecule has 8 aromatic rings. The first-order chi connectivity index (χ1) is 63.8. The summed E-state index contributed by atoms with van der Waals surface area (Å²) in [4.78, 5) is 126. The van der Waals surface area contributed by atoms with Gasteiger partial charge in [-0.25, -0.2) is 23.6 Å². The van der Waals surface area contributed by atoms with Crippen molar-refractivity contribution in [1.29, 1.82) is 0 Å². The molecule has 8 amide bonds. The number of fused-ring (bicyclic) bond motifs is 4. The van der Waals surface area contributed by atoms with Gasteiger partial charge in [0.15, 0.2) is 23.1 Å². The van der Waals surface area contributed by atoms with Crippen LogP contribution < -0.4 is 36.5 Å². The number of nitrogens with two attached hydrogens (primary N) is 1. The molecule has 4 saturated heterocycles. The van der Waals surface area contributed by atoms with Gasteiger partial charge in [-0.1, -0.05) is 74.1 Å². The number of nitrogens with one attached hydrogen (secondary N) is 4. The minimum absolute atomic E-state index is 0.0211. The normalized spacial score (nSPS) is 16.9. The maximum Gasteiger partial charge on any atom is 0.416 e. The predicted octanol–water partition coefficient (Wildman–Crippen LogP) is 22.1. The third-order valence-corrected chi connectivity index (χ3v) is 28.2. The fourth-order valence-corrected chi connectivity index (χ4v) is 19.4. The molecule has 0 bridgehead atoms. The molecule has 4 aromatic heterocycles. The van der Waals surface area contributed by atoms with Gasteiger partial charge < -0.3 is 56.1 Å². The van der Waals surface area contributed by atoms with Gasteiger partial charge in [-0.2, -0.15) is 13.2 Å². The van der Waals surface area contributed by atoms with Crippen LogP contribution in [0, 0.1) is 29.5 Å². The molecule has 6 N–H and O–H groups in total. The number of ether oxygens (including phenoxy) is 2. The number of alkyl halides is 3. The summed E-state index contributed by atoms with van der Waals surface area (Å²) in [6, 6.07) is 14.3. The average Bonchev–Trinajstić information content (AvgIpc) is 0.989. The zero-order valence-electron chi connectivity index (χ0n) is 79.2. The molecule has 0 radical (unpaired) electrons. The number of carbonyl (C=O) groups excluding carboxylic acids is 8. The number of Topliss-reactive ketones (excluding diaryl/α,β-unsaturated/α-hetero) is 4. The van der Waals surface area contributed by atoms with E-state index in [0.717, 1.165) is 234 Å². The molecule has 27 heteroatoms. The molecule has 8 fully saturated rings. The topological polar surface area (TPSA) is 294 Å². The first-order valence-corrected chi connectivity index (χ1v) is 49.4. The Morgan fingerprint density at radius 1 is 0.364 bits per heavy atom. The van der Waals surface area contributed by atoms with Crippen molar-refractivity contribution in [3.05, 3.63) is 146 Å². The van der Waals surface area contributed by atoms with Crippen LogP contribution in [0.5, 0.6) is 11.5 Å². The Morgan fingerprint density at radius 3 is 0.932 bits per heavy atom. The summed E-state index contributed by atoms with van der Waals surface area (Å²) in [5.41, 5.74) is 17.4. The molecule has 712 valence electrons. The van der Waals surface area contributed by atoms with E-state index in [0.29, 0.717) is 172 Å². The lowest BCUT2D eigenvalue weighted by atomic mass is 9.84. The second-order valence-electron chi connectivity index (χ2n) is 37.8. The van der Waals surface area contributed by atoms with Crippen molar-refractivity contribution >= 4 is 96.6 Å². The summed E-state index contributed by atoms with van der Waals surface area (Å²) >= 11 is 0. The second kappa shape index (κ2) is 46.4. The van der Waals surface area contributed by atoms with Crippen molar-refractivity contribution in [3.63, 3.8) is 0 Å². The molecule has 4 saturated carbocycles. The van der Waals surface area contributed by atoms with Crippen molar-refractivity contribution < 1.29 is 65.4 Å². The summed E-state index contributed by atoms with van der Waals surface area (Å²) in [6.45, 7) is 22.2. The lowest BCUT2D eigenvalue weighted by molar-refractivity contribution is -0.138. The maximum absolute atomic E-state index is 15.0. The van der Waals surface area contributed by atoms with Gasteiger partial charge in [0.25, 0.3) is 0 Å². The maximum atomic E-state index is 15.0. The van der Waals surface area contributed by atoms with Gasteiger partial charge in [0, 0.05) is 185 Å². The predicted molar refractivity (Wildman–Crippen MR) is 512 cm³/mol. The second-order valence-corrected chi connectivity index (χ2v) is 37.8. The van der Waals surface area contributed by atoms with Crippen LogP contribution in [0.2, 0.25) is 0 Å². The number of hydrogen-bond acceptors (Lipinski definition) is 15. The number of methoxy groups -OCH3 is 2. The van der Waals surface area contributed by atoms with Gasteiger partial charge in [-0.3, -0.25) is 39.1 Å². The summed E-state index contributed by atoms with van der Waals surface area (Å²) in [6.07, 6.45) is 29.2. The molecule has 132 heavy (non-hydrogen) atoms. The van der Waals surface area contributed by atoms with E-state index >= 15 is 4.39 Å². The first-order valence-electron chi connectivity index (χ1n) is 49.4. The summed E-state index contributed by atoms with van der Waals surface area (Å²) in [5.74, 6) is 4.24. The van der Waals surface area contributed by atoms with Crippen molar-refractivity contribution in [3.8, 4) is 11.5 Å². The largest absolute Gasteiger partial charge is 0.496 e. The molecule has 4 aliphatic carbocycles. The highest BCUT2D eigenvalue weighted by Crippen LogP contribution is 2.47. The Kier molecular flexibility index (Phi) is 34.7. The number of nitrogen functional groups attached to an aromatic ring is 1. The van der Waals surface area contributed by atoms with Crippen LogP contribution in [0.1, 0.15) is 338 Å². The number of halogens is 4. The van der Waals surface area contributed by atoms with Crippen molar-refractivity contribution in [1.82, 2.24) is 60.8 Å². The smallest absolute Gasteiger partial charge is 0.416 e. The Balaban J connectivity index is 0.000000150. The van der Waals surface area contributed by atoms with Crippen molar-refractivity contribution in [2.75, 3.05) is 98.5 Å². The van der Waals surface area contributed by atoms with Gasteiger partial charge in [-0.05, 0) is 264 Å². The lowest BCUT2D eigenvalue weighted by Gasteiger charge is -2.33. The third-order valence-electron chi connectivity index (χ3n) is 28.2. The van der Waals surface area contributed by atoms with E-state index in [1.807, 2.05) is 59.7 Å². The van der Waals surface area contributed by atoms with E-state index in [9.17, 15) is 51.5 Å². The number of benzene rings is 4. The number of nitrogens with zero attached hydrogens (tertiary/aromatic N) is 8. The zero-order valence-corrected chi connectivity index (χ0v) is 79.2. The number of anilines is 1. The van der Waals surface area contributed by atoms with Crippen molar-refractivity contribution in [2.24, 2.45) is 23.7 Å². The zero-order chi connectivity index (χ0) is 93.9. The molecular weight excluding hydrogens is 1680 g/mol. The SMILES string of the molecule is CCCCNC(=O)N1CCC(c2cc3c(CC)c(C(=O)CC4CC4)cnc3cc2C(F)(F)F)CC1.CCCCNC(=O)N1CCC(c2cc3c(CC)c(C(=O)CC4CC4)cnc3cc2F)CC1.CCCCNC(=O)N1CCC(c2cc3c(CC)c(C(=O)CC4CC4)cnc3cc2OC)CC1.CCCCNC(=O)N1CCC(c2cc3c(N)c(C(=O)CC4CC4)cnc3cc2OC)CC1. The number of aryl methyl sites for hydroxylation is 3. The quantitative estimate of drug-likeness (QED) is 0.0145.